The monoisotopic (exact) mass is 348 g/mol. The number of primary amides is 1. The molecule has 1 fully saturated rings. The number of nitrogens with zero attached hydrogens (tertiary/aromatic N) is 3. The molecule has 2 heterocycles. The SMILES string of the molecule is CCN(CC)c1ccc(NC(=O)NC2CCN(CC(N)=O)CC2)cn1. The second kappa shape index (κ2) is 9.22. The molecular formula is C17H28N6O2. The lowest BCUT2D eigenvalue weighted by molar-refractivity contribution is -0.119. The molecule has 0 spiro atoms. The molecule has 1 saturated heterocycles. The van der Waals surface area contributed by atoms with E-state index in [0.29, 0.717) is 5.69 Å². The Hall–Kier alpha value is -2.35. The summed E-state index contributed by atoms with van der Waals surface area (Å²) in [6, 6.07) is 3.64. The Morgan fingerprint density at radius 1 is 1.28 bits per heavy atom. The summed E-state index contributed by atoms with van der Waals surface area (Å²) < 4.78 is 0. The lowest BCUT2D eigenvalue weighted by atomic mass is 10.1. The molecule has 138 valence electrons. The van der Waals surface area contributed by atoms with Crippen molar-refractivity contribution >= 4 is 23.4 Å². The van der Waals surface area contributed by atoms with E-state index in [-0.39, 0.29) is 24.5 Å². The molecule has 0 aromatic carbocycles. The number of rotatable bonds is 7. The van der Waals surface area contributed by atoms with E-state index in [4.69, 9.17) is 5.73 Å². The minimum atomic E-state index is -0.315. The number of piperidine rings is 1. The molecule has 25 heavy (non-hydrogen) atoms. The number of amides is 3. The van der Waals surface area contributed by atoms with Crippen molar-refractivity contribution in [3.63, 3.8) is 0 Å². The van der Waals surface area contributed by atoms with Crippen molar-refractivity contribution in [3.05, 3.63) is 18.3 Å². The number of nitrogens with one attached hydrogen (secondary N) is 2. The summed E-state index contributed by atoms with van der Waals surface area (Å²) >= 11 is 0. The molecule has 8 nitrogen and oxygen atoms in total. The molecule has 0 unspecified atom stereocenters. The molecule has 1 aromatic heterocycles. The summed E-state index contributed by atoms with van der Waals surface area (Å²) in [5.41, 5.74) is 5.87. The number of hydrogen-bond donors (Lipinski definition) is 3. The summed E-state index contributed by atoms with van der Waals surface area (Å²) in [7, 11) is 0. The molecule has 4 N–H and O–H groups in total. The maximum Gasteiger partial charge on any atom is 0.319 e. The van der Waals surface area contributed by atoms with Gasteiger partial charge in [-0.25, -0.2) is 9.78 Å². The van der Waals surface area contributed by atoms with Crippen LogP contribution in [0, 0.1) is 0 Å². The van der Waals surface area contributed by atoms with Crippen LogP contribution in [0.4, 0.5) is 16.3 Å². The molecule has 1 aromatic rings. The first kappa shape index (κ1) is 19.0. The summed E-state index contributed by atoms with van der Waals surface area (Å²) in [5, 5.41) is 5.79. The average Bonchev–Trinajstić information content (AvgIpc) is 2.59. The fourth-order valence-electron chi connectivity index (χ4n) is 3.00. The van der Waals surface area contributed by atoms with E-state index in [2.05, 4.69) is 34.4 Å². The number of carbonyl (C=O) groups is 2. The number of urea groups is 1. The Kier molecular flexibility index (Phi) is 7.00. The van der Waals surface area contributed by atoms with Crippen LogP contribution in [0.2, 0.25) is 0 Å². The Morgan fingerprint density at radius 3 is 2.48 bits per heavy atom. The Labute approximate surface area is 148 Å². The largest absolute Gasteiger partial charge is 0.369 e. The van der Waals surface area contributed by atoms with E-state index in [1.807, 2.05) is 17.0 Å². The first-order chi connectivity index (χ1) is 12.0. The van der Waals surface area contributed by atoms with Gasteiger partial charge in [0.1, 0.15) is 5.82 Å². The quantitative estimate of drug-likeness (QED) is 0.682. The van der Waals surface area contributed by atoms with E-state index < -0.39 is 0 Å². The van der Waals surface area contributed by atoms with Gasteiger partial charge in [-0.3, -0.25) is 9.69 Å². The molecule has 2 rings (SSSR count). The van der Waals surface area contributed by atoms with Crippen LogP contribution in [-0.4, -0.2) is 60.6 Å². The molecule has 1 aliphatic heterocycles. The molecular weight excluding hydrogens is 320 g/mol. The summed E-state index contributed by atoms with van der Waals surface area (Å²) in [5.74, 6) is 0.586. The van der Waals surface area contributed by atoms with Crippen LogP contribution in [-0.2, 0) is 4.79 Å². The van der Waals surface area contributed by atoms with E-state index in [1.165, 1.54) is 0 Å². The fraction of sp³-hybridized carbons (Fsp3) is 0.588. The van der Waals surface area contributed by atoms with Crippen molar-refractivity contribution in [1.29, 1.82) is 0 Å². The summed E-state index contributed by atoms with van der Waals surface area (Å²) in [4.78, 5) is 31.6. The van der Waals surface area contributed by atoms with Gasteiger partial charge in [-0.1, -0.05) is 0 Å². The van der Waals surface area contributed by atoms with Gasteiger partial charge in [0.05, 0.1) is 18.4 Å². The molecule has 3 amide bonds. The van der Waals surface area contributed by atoms with E-state index in [0.717, 1.165) is 44.8 Å². The Morgan fingerprint density at radius 2 is 1.96 bits per heavy atom. The molecule has 0 atom stereocenters. The normalized spacial score (nSPS) is 15.6. The molecule has 0 saturated carbocycles. The highest BCUT2D eigenvalue weighted by molar-refractivity contribution is 5.89. The van der Waals surface area contributed by atoms with Gasteiger partial charge >= 0.3 is 6.03 Å². The van der Waals surface area contributed by atoms with E-state index >= 15 is 0 Å². The van der Waals surface area contributed by atoms with Crippen molar-refractivity contribution in [3.8, 4) is 0 Å². The molecule has 0 bridgehead atoms. The van der Waals surface area contributed by atoms with E-state index in [1.54, 1.807) is 6.20 Å². The first-order valence-corrected chi connectivity index (χ1v) is 8.81. The number of hydrogen-bond acceptors (Lipinski definition) is 5. The molecule has 0 radical (unpaired) electrons. The highest BCUT2D eigenvalue weighted by Gasteiger charge is 2.21. The summed E-state index contributed by atoms with van der Waals surface area (Å²) in [6.45, 7) is 7.75. The minimum absolute atomic E-state index is 0.104. The van der Waals surface area contributed by atoms with Crippen LogP contribution in [0.15, 0.2) is 18.3 Å². The number of pyridine rings is 1. The van der Waals surface area contributed by atoms with Crippen LogP contribution in [0.25, 0.3) is 0 Å². The van der Waals surface area contributed by atoms with Gasteiger partial charge in [-0.15, -0.1) is 0 Å². The van der Waals surface area contributed by atoms with Crippen molar-refractivity contribution in [1.82, 2.24) is 15.2 Å². The predicted octanol–water partition coefficient (Wildman–Crippen LogP) is 0.999. The van der Waals surface area contributed by atoms with Gasteiger partial charge in [0.25, 0.3) is 0 Å². The van der Waals surface area contributed by atoms with Crippen molar-refractivity contribution in [2.24, 2.45) is 5.73 Å². The van der Waals surface area contributed by atoms with Gasteiger partial charge in [0, 0.05) is 32.2 Å². The second-order valence-electron chi connectivity index (χ2n) is 6.19. The Balaban J connectivity index is 1.78. The highest BCUT2D eigenvalue weighted by Crippen LogP contribution is 2.14. The van der Waals surface area contributed by atoms with Crippen molar-refractivity contribution in [2.75, 3.05) is 42.9 Å². The van der Waals surface area contributed by atoms with Crippen LogP contribution in [0.5, 0.6) is 0 Å². The average molecular weight is 348 g/mol. The topological polar surface area (TPSA) is 104 Å². The van der Waals surface area contributed by atoms with Gasteiger partial charge in [-0.05, 0) is 38.8 Å². The fourth-order valence-corrected chi connectivity index (χ4v) is 3.00. The number of anilines is 2. The second-order valence-corrected chi connectivity index (χ2v) is 6.19. The predicted molar refractivity (Wildman–Crippen MR) is 98.6 cm³/mol. The van der Waals surface area contributed by atoms with Crippen LogP contribution < -0.4 is 21.3 Å². The summed E-state index contributed by atoms with van der Waals surface area (Å²) in [6.07, 6.45) is 3.28. The third kappa shape index (κ3) is 5.90. The van der Waals surface area contributed by atoms with Crippen molar-refractivity contribution in [2.45, 2.75) is 32.7 Å². The first-order valence-electron chi connectivity index (χ1n) is 8.81. The molecule has 0 aliphatic carbocycles. The third-order valence-corrected chi connectivity index (χ3v) is 4.40. The third-order valence-electron chi connectivity index (χ3n) is 4.40. The zero-order valence-corrected chi connectivity index (χ0v) is 15.0. The van der Waals surface area contributed by atoms with Crippen LogP contribution >= 0.6 is 0 Å². The zero-order valence-electron chi connectivity index (χ0n) is 15.0. The number of nitrogens with two attached hydrogens (primary N) is 1. The van der Waals surface area contributed by atoms with Crippen molar-refractivity contribution < 1.29 is 9.59 Å². The number of aromatic nitrogens is 1. The van der Waals surface area contributed by atoms with Gasteiger partial charge in [0.2, 0.25) is 5.91 Å². The maximum absolute atomic E-state index is 12.1. The lowest BCUT2D eigenvalue weighted by Gasteiger charge is -2.31. The molecule has 8 heteroatoms. The van der Waals surface area contributed by atoms with Gasteiger partial charge in [0.15, 0.2) is 0 Å². The smallest absolute Gasteiger partial charge is 0.319 e. The standard InChI is InChI=1S/C17H28N6O2/c1-3-23(4-2)16-6-5-14(11-19-16)21-17(25)20-13-7-9-22(10-8-13)12-15(18)24/h5-6,11,13H,3-4,7-10,12H2,1-2H3,(H2,18,24)(H2,20,21,25). The lowest BCUT2D eigenvalue weighted by Crippen LogP contribution is -2.47. The zero-order chi connectivity index (χ0) is 18.2. The van der Waals surface area contributed by atoms with Gasteiger partial charge in [-0.2, -0.15) is 0 Å². The minimum Gasteiger partial charge on any atom is -0.369 e. The highest BCUT2D eigenvalue weighted by atomic mass is 16.2. The van der Waals surface area contributed by atoms with Gasteiger partial charge < -0.3 is 21.3 Å². The molecule has 1 aliphatic rings. The maximum atomic E-state index is 12.1. The van der Waals surface area contributed by atoms with Crippen LogP contribution in [0.1, 0.15) is 26.7 Å². The number of carbonyl (C=O) groups excluding carboxylic acids is 2. The Bertz CT molecular complexity index is 565. The number of likely N-dealkylation sites (tertiary alicyclic amines) is 1. The van der Waals surface area contributed by atoms with Crippen LogP contribution in [0.3, 0.4) is 0 Å². The van der Waals surface area contributed by atoms with E-state index in [9.17, 15) is 9.59 Å².